The van der Waals surface area contributed by atoms with Crippen molar-refractivity contribution in [3.8, 4) is 0 Å². The molecule has 2 N–H and O–H groups in total. The molecule has 3 heterocycles. The Hall–Kier alpha value is -2.02. The second-order valence-electron chi connectivity index (χ2n) is 9.39. The van der Waals surface area contributed by atoms with Gasteiger partial charge in [0.25, 0.3) is 0 Å². The Kier molecular flexibility index (Phi) is 8.49. The fraction of sp³-hybridized carbons (Fsp3) is 0.615. The molecule has 0 amide bonds. The van der Waals surface area contributed by atoms with Crippen LogP contribution >= 0.6 is 0 Å². The predicted molar refractivity (Wildman–Crippen MR) is 127 cm³/mol. The zero-order valence-corrected chi connectivity index (χ0v) is 19.0. The zero-order chi connectivity index (χ0) is 22.2. The SMILES string of the molecule is O=C(O)C[C@H](CO[C@@H]1CCCN(CCCC2=NC3NCCCC3C=C2)C1)c1ccccc1. The highest BCUT2D eigenvalue weighted by atomic mass is 16.5. The second kappa shape index (κ2) is 11.7. The van der Waals surface area contributed by atoms with Gasteiger partial charge in [0, 0.05) is 24.1 Å². The molecule has 6 heteroatoms. The van der Waals surface area contributed by atoms with Crippen molar-refractivity contribution in [2.75, 3.05) is 32.8 Å². The van der Waals surface area contributed by atoms with Crippen molar-refractivity contribution in [2.24, 2.45) is 10.9 Å². The van der Waals surface area contributed by atoms with E-state index < -0.39 is 5.97 Å². The molecule has 0 aliphatic carbocycles. The number of nitrogens with one attached hydrogen (secondary N) is 1. The highest BCUT2D eigenvalue weighted by Crippen LogP contribution is 2.24. The van der Waals surface area contributed by atoms with Gasteiger partial charge in [-0.2, -0.15) is 0 Å². The van der Waals surface area contributed by atoms with Crippen LogP contribution in [0.3, 0.4) is 0 Å². The third-order valence-corrected chi connectivity index (χ3v) is 6.91. The molecule has 6 nitrogen and oxygen atoms in total. The van der Waals surface area contributed by atoms with Crippen LogP contribution in [0.25, 0.3) is 0 Å². The molecule has 3 aliphatic heterocycles. The van der Waals surface area contributed by atoms with Gasteiger partial charge in [-0.15, -0.1) is 0 Å². The van der Waals surface area contributed by atoms with E-state index in [2.05, 4.69) is 22.4 Å². The number of allylic oxidation sites excluding steroid dienone is 1. The largest absolute Gasteiger partial charge is 0.481 e. The Labute approximate surface area is 191 Å². The monoisotopic (exact) mass is 439 g/mol. The summed E-state index contributed by atoms with van der Waals surface area (Å²) in [5.41, 5.74) is 2.27. The molecular formula is C26H37N3O3. The van der Waals surface area contributed by atoms with E-state index in [1.165, 1.54) is 18.6 Å². The Morgan fingerprint density at radius 3 is 2.97 bits per heavy atom. The quantitative estimate of drug-likeness (QED) is 0.579. The molecule has 0 spiro atoms. The van der Waals surface area contributed by atoms with Crippen LogP contribution in [-0.4, -0.2) is 66.7 Å². The first kappa shape index (κ1) is 23.1. The molecular weight excluding hydrogens is 402 g/mol. The number of hydrogen-bond donors (Lipinski definition) is 2. The lowest BCUT2D eigenvalue weighted by Crippen LogP contribution is -2.41. The van der Waals surface area contributed by atoms with Gasteiger partial charge in [-0.05, 0) is 69.8 Å². The number of carboxylic acids is 1. The van der Waals surface area contributed by atoms with Crippen molar-refractivity contribution in [1.82, 2.24) is 10.2 Å². The minimum absolute atomic E-state index is 0.0996. The first-order valence-corrected chi connectivity index (χ1v) is 12.3. The third kappa shape index (κ3) is 6.74. The summed E-state index contributed by atoms with van der Waals surface area (Å²) in [6.07, 6.45) is 12.0. The van der Waals surface area contributed by atoms with Gasteiger partial charge in [0.2, 0.25) is 0 Å². The van der Waals surface area contributed by atoms with Gasteiger partial charge < -0.3 is 14.7 Å². The fourth-order valence-electron chi connectivity index (χ4n) is 5.14. The van der Waals surface area contributed by atoms with Crippen molar-refractivity contribution < 1.29 is 14.6 Å². The van der Waals surface area contributed by atoms with Crippen LogP contribution in [0.1, 0.15) is 56.4 Å². The van der Waals surface area contributed by atoms with E-state index in [4.69, 9.17) is 9.73 Å². The maximum Gasteiger partial charge on any atom is 0.304 e. The fourth-order valence-corrected chi connectivity index (χ4v) is 5.14. The normalized spacial score (nSPS) is 26.9. The molecule has 2 fully saturated rings. The minimum atomic E-state index is -0.776. The van der Waals surface area contributed by atoms with Crippen LogP contribution in [0.5, 0.6) is 0 Å². The number of fused-ring (bicyclic) bond motifs is 1. The zero-order valence-electron chi connectivity index (χ0n) is 19.0. The van der Waals surface area contributed by atoms with E-state index >= 15 is 0 Å². The molecule has 3 aliphatic rings. The number of hydrogen-bond acceptors (Lipinski definition) is 5. The van der Waals surface area contributed by atoms with Crippen LogP contribution in [0.2, 0.25) is 0 Å². The summed E-state index contributed by atoms with van der Waals surface area (Å²) in [6.45, 7) is 4.66. The number of piperidine rings is 2. The summed E-state index contributed by atoms with van der Waals surface area (Å²) in [6, 6.07) is 9.88. The topological polar surface area (TPSA) is 74.2 Å². The Balaban J connectivity index is 1.21. The lowest BCUT2D eigenvalue weighted by Gasteiger charge is -2.33. The molecule has 174 valence electrons. The van der Waals surface area contributed by atoms with E-state index in [0.717, 1.165) is 57.4 Å². The number of carbonyl (C=O) groups is 1. The minimum Gasteiger partial charge on any atom is -0.481 e. The van der Waals surface area contributed by atoms with Crippen LogP contribution in [0.4, 0.5) is 0 Å². The van der Waals surface area contributed by atoms with Gasteiger partial charge in [0.1, 0.15) is 6.17 Å². The number of dihydropyridines is 1. The van der Waals surface area contributed by atoms with E-state index in [-0.39, 0.29) is 18.4 Å². The van der Waals surface area contributed by atoms with Gasteiger partial charge in [-0.1, -0.05) is 36.4 Å². The molecule has 0 radical (unpaired) electrons. The summed E-state index contributed by atoms with van der Waals surface area (Å²) >= 11 is 0. The molecule has 2 unspecified atom stereocenters. The first-order valence-electron chi connectivity index (χ1n) is 12.3. The average Bonchev–Trinajstić information content (AvgIpc) is 2.82. The summed E-state index contributed by atoms with van der Waals surface area (Å²) < 4.78 is 6.24. The van der Waals surface area contributed by atoms with Crippen molar-refractivity contribution in [3.63, 3.8) is 0 Å². The lowest BCUT2D eigenvalue weighted by atomic mass is 9.92. The maximum atomic E-state index is 11.3. The molecule has 32 heavy (non-hydrogen) atoms. The Morgan fingerprint density at radius 2 is 2.12 bits per heavy atom. The maximum absolute atomic E-state index is 11.3. The van der Waals surface area contributed by atoms with E-state index in [1.807, 2.05) is 30.3 Å². The van der Waals surface area contributed by atoms with Crippen LogP contribution < -0.4 is 5.32 Å². The van der Waals surface area contributed by atoms with Crippen molar-refractivity contribution in [1.29, 1.82) is 0 Å². The second-order valence-corrected chi connectivity index (χ2v) is 9.39. The van der Waals surface area contributed by atoms with Gasteiger partial charge in [-0.3, -0.25) is 15.1 Å². The number of ether oxygens (including phenoxy) is 1. The number of likely N-dealkylation sites (tertiary alicyclic amines) is 1. The van der Waals surface area contributed by atoms with Gasteiger partial charge in [0.15, 0.2) is 0 Å². The summed E-state index contributed by atoms with van der Waals surface area (Å²) in [5.74, 6) is -0.298. The van der Waals surface area contributed by atoms with Gasteiger partial charge in [0.05, 0.1) is 19.1 Å². The summed E-state index contributed by atoms with van der Waals surface area (Å²) in [5, 5.41) is 12.9. The number of nitrogens with zero attached hydrogens (tertiary/aromatic N) is 2. The van der Waals surface area contributed by atoms with Crippen LogP contribution in [0.15, 0.2) is 47.5 Å². The Bertz CT molecular complexity index is 795. The number of benzene rings is 1. The van der Waals surface area contributed by atoms with E-state index in [9.17, 15) is 9.90 Å². The van der Waals surface area contributed by atoms with Gasteiger partial charge >= 0.3 is 5.97 Å². The Morgan fingerprint density at radius 1 is 1.25 bits per heavy atom. The highest BCUT2D eigenvalue weighted by molar-refractivity contribution is 5.95. The van der Waals surface area contributed by atoms with Gasteiger partial charge in [-0.25, -0.2) is 0 Å². The average molecular weight is 440 g/mol. The molecule has 0 saturated carbocycles. The molecule has 4 rings (SSSR count). The van der Waals surface area contributed by atoms with Crippen LogP contribution in [0, 0.1) is 5.92 Å². The van der Waals surface area contributed by atoms with E-state index in [0.29, 0.717) is 18.7 Å². The van der Waals surface area contributed by atoms with Crippen molar-refractivity contribution >= 4 is 11.7 Å². The molecule has 0 bridgehead atoms. The molecule has 0 aromatic heterocycles. The van der Waals surface area contributed by atoms with E-state index in [1.54, 1.807) is 0 Å². The highest BCUT2D eigenvalue weighted by Gasteiger charge is 2.25. The lowest BCUT2D eigenvalue weighted by molar-refractivity contribution is -0.138. The molecule has 1 aromatic carbocycles. The molecule has 1 aromatic rings. The molecule has 2 saturated heterocycles. The molecule has 4 atom stereocenters. The smallest absolute Gasteiger partial charge is 0.304 e. The number of rotatable bonds is 10. The van der Waals surface area contributed by atoms with Crippen molar-refractivity contribution in [3.05, 3.63) is 48.0 Å². The summed E-state index contributed by atoms with van der Waals surface area (Å²) in [7, 11) is 0. The summed E-state index contributed by atoms with van der Waals surface area (Å²) in [4.78, 5) is 18.8. The van der Waals surface area contributed by atoms with Crippen molar-refractivity contribution in [2.45, 2.75) is 63.1 Å². The number of aliphatic carboxylic acids is 1. The first-order chi connectivity index (χ1) is 15.7. The van der Waals surface area contributed by atoms with Crippen LogP contribution in [-0.2, 0) is 9.53 Å². The predicted octanol–water partition coefficient (Wildman–Crippen LogP) is 3.84. The number of carboxylic acid groups (broad SMARTS) is 1. The standard InChI is InChI=1S/C26H37N3O3/c30-25(31)17-22(20-7-2-1-3-8-20)19-32-24-11-6-16-29(18-24)15-5-10-23-13-12-21-9-4-14-27-26(21)28-23/h1-3,7-8,12-13,21-22,24,26-27H,4-6,9-11,14-19H2,(H,30,31)/t21?,22-,24-,26?/m1/s1. The third-order valence-electron chi connectivity index (χ3n) is 6.91. The number of aliphatic imine (C=N–C) groups is 1.